The molecule has 1 aliphatic rings. The first-order valence-electron chi connectivity index (χ1n) is 9.26. The number of carbonyl (C=O) groups excluding carboxylic acids is 2. The fourth-order valence-corrected chi connectivity index (χ4v) is 3.78. The molecule has 1 heterocycles. The molecule has 150 valence electrons. The zero-order valence-corrected chi connectivity index (χ0v) is 17.5. The minimum atomic E-state index is -0.791. The highest BCUT2D eigenvalue weighted by Gasteiger charge is 2.46. The molecule has 0 bridgehead atoms. The van der Waals surface area contributed by atoms with Crippen LogP contribution >= 0.6 is 23.2 Å². The standard InChI is InChI=1S/C24H17Cl2NO3/c1-14-2-12-19(13-3-14)27-21(15-4-8-17(25)9-5-15)20(23(29)24(27)30)22(28)16-6-10-18(26)11-7-16/h2-13,21,28H,1H3/b22-20+/t21-/m0/s1. The number of anilines is 1. The number of ketones is 1. The highest BCUT2D eigenvalue weighted by atomic mass is 35.5. The van der Waals surface area contributed by atoms with E-state index in [9.17, 15) is 14.7 Å². The molecule has 0 saturated carbocycles. The molecule has 1 atom stereocenters. The van der Waals surface area contributed by atoms with Crippen molar-refractivity contribution in [3.05, 3.63) is 105 Å². The van der Waals surface area contributed by atoms with Crippen molar-refractivity contribution in [2.45, 2.75) is 13.0 Å². The number of aliphatic hydroxyl groups excluding tert-OH is 1. The van der Waals surface area contributed by atoms with Gasteiger partial charge < -0.3 is 5.11 Å². The van der Waals surface area contributed by atoms with Crippen molar-refractivity contribution in [1.29, 1.82) is 0 Å². The van der Waals surface area contributed by atoms with Gasteiger partial charge in [-0.05, 0) is 61.0 Å². The van der Waals surface area contributed by atoms with Crippen LogP contribution in [0.1, 0.15) is 22.7 Å². The lowest BCUT2D eigenvalue weighted by molar-refractivity contribution is -0.132. The van der Waals surface area contributed by atoms with E-state index in [2.05, 4.69) is 0 Å². The van der Waals surface area contributed by atoms with E-state index in [0.717, 1.165) is 5.56 Å². The number of hydrogen-bond acceptors (Lipinski definition) is 3. The summed E-state index contributed by atoms with van der Waals surface area (Å²) in [6.45, 7) is 1.94. The Morgan fingerprint density at radius 3 is 1.93 bits per heavy atom. The van der Waals surface area contributed by atoms with Crippen molar-refractivity contribution in [3.63, 3.8) is 0 Å². The van der Waals surface area contributed by atoms with Crippen LogP contribution in [0.15, 0.2) is 78.4 Å². The molecule has 1 saturated heterocycles. The van der Waals surface area contributed by atoms with Crippen molar-refractivity contribution in [1.82, 2.24) is 0 Å². The number of rotatable bonds is 3. The molecule has 1 N–H and O–H groups in total. The monoisotopic (exact) mass is 437 g/mol. The second-order valence-corrected chi connectivity index (χ2v) is 7.94. The summed E-state index contributed by atoms with van der Waals surface area (Å²) in [7, 11) is 0. The molecule has 0 aromatic heterocycles. The van der Waals surface area contributed by atoms with Crippen LogP contribution in [0.5, 0.6) is 0 Å². The van der Waals surface area contributed by atoms with E-state index >= 15 is 0 Å². The quantitative estimate of drug-likeness (QED) is 0.313. The maximum atomic E-state index is 13.0. The van der Waals surface area contributed by atoms with Gasteiger partial charge in [-0.1, -0.05) is 53.0 Å². The topological polar surface area (TPSA) is 57.6 Å². The minimum absolute atomic E-state index is 0.0187. The molecule has 0 radical (unpaired) electrons. The Morgan fingerprint density at radius 1 is 0.833 bits per heavy atom. The lowest BCUT2D eigenvalue weighted by Gasteiger charge is -2.25. The maximum absolute atomic E-state index is 13.0. The largest absolute Gasteiger partial charge is 0.507 e. The number of aryl methyl sites for hydroxylation is 1. The number of benzene rings is 3. The van der Waals surface area contributed by atoms with Crippen LogP contribution in [-0.4, -0.2) is 16.8 Å². The van der Waals surface area contributed by atoms with E-state index in [1.54, 1.807) is 60.7 Å². The van der Waals surface area contributed by atoms with Crippen LogP contribution in [-0.2, 0) is 9.59 Å². The van der Waals surface area contributed by atoms with Gasteiger partial charge in [-0.3, -0.25) is 14.5 Å². The average molecular weight is 438 g/mol. The SMILES string of the molecule is Cc1ccc(N2C(=O)C(=O)/C(=C(/O)c3ccc(Cl)cc3)[C@@H]2c2ccc(Cl)cc2)cc1. The summed E-state index contributed by atoms with van der Waals surface area (Å²) in [5.41, 5.74) is 2.68. The van der Waals surface area contributed by atoms with Crippen molar-refractivity contribution < 1.29 is 14.7 Å². The van der Waals surface area contributed by atoms with E-state index in [4.69, 9.17) is 23.2 Å². The number of halogens is 2. The summed E-state index contributed by atoms with van der Waals surface area (Å²) in [6, 6.07) is 19.8. The van der Waals surface area contributed by atoms with E-state index < -0.39 is 17.7 Å². The highest BCUT2D eigenvalue weighted by molar-refractivity contribution is 6.51. The van der Waals surface area contributed by atoms with E-state index in [-0.39, 0.29) is 11.3 Å². The molecule has 3 aromatic carbocycles. The molecule has 1 fully saturated rings. The molecule has 1 aliphatic heterocycles. The van der Waals surface area contributed by atoms with Gasteiger partial charge in [0.25, 0.3) is 11.7 Å². The Kier molecular flexibility index (Phi) is 5.37. The number of amides is 1. The minimum Gasteiger partial charge on any atom is -0.507 e. The predicted octanol–water partition coefficient (Wildman–Crippen LogP) is 5.93. The molecule has 6 heteroatoms. The second-order valence-electron chi connectivity index (χ2n) is 7.06. The lowest BCUT2D eigenvalue weighted by Crippen LogP contribution is -2.29. The van der Waals surface area contributed by atoms with Crippen LogP contribution in [0.3, 0.4) is 0 Å². The first-order valence-corrected chi connectivity index (χ1v) is 10.0. The second kappa shape index (κ2) is 7.98. The number of hydrogen-bond donors (Lipinski definition) is 1. The van der Waals surface area contributed by atoms with Crippen molar-refractivity contribution in [2.24, 2.45) is 0 Å². The Bertz CT molecular complexity index is 1150. The zero-order valence-electron chi connectivity index (χ0n) is 16.0. The van der Waals surface area contributed by atoms with Gasteiger partial charge in [-0.2, -0.15) is 0 Å². The zero-order chi connectivity index (χ0) is 21.4. The molecule has 0 spiro atoms. The lowest BCUT2D eigenvalue weighted by atomic mass is 9.95. The van der Waals surface area contributed by atoms with Crippen LogP contribution in [0, 0.1) is 6.92 Å². The van der Waals surface area contributed by atoms with Gasteiger partial charge in [0, 0.05) is 21.3 Å². The van der Waals surface area contributed by atoms with Gasteiger partial charge in [0.1, 0.15) is 5.76 Å². The van der Waals surface area contributed by atoms with Gasteiger partial charge in [0.2, 0.25) is 0 Å². The van der Waals surface area contributed by atoms with Crippen molar-refractivity contribution in [3.8, 4) is 0 Å². The van der Waals surface area contributed by atoms with Gasteiger partial charge >= 0.3 is 0 Å². The van der Waals surface area contributed by atoms with E-state index in [1.165, 1.54) is 4.90 Å². The third kappa shape index (κ3) is 3.60. The fourth-order valence-electron chi connectivity index (χ4n) is 3.53. The van der Waals surface area contributed by atoms with Gasteiger partial charge in [0.05, 0.1) is 11.6 Å². The number of nitrogens with zero attached hydrogens (tertiary/aromatic N) is 1. The van der Waals surface area contributed by atoms with Gasteiger partial charge in [-0.15, -0.1) is 0 Å². The Balaban J connectivity index is 1.93. The molecule has 0 unspecified atom stereocenters. The smallest absolute Gasteiger partial charge is 0.300 e. The molecule has 30 heavy (non-hydrogen) atoms. The average Bonchev–Trinajstić information content (AvgIpc) is 3.00. The molecule has 0 aliphatic carbocycles. The molecular formula is C24H17Cl2NO3. The molecule has 3 aromatic rings. The fraction of sp³-hybridized carbons (Fsp3) is 0.0833. The molecular weight excluding hydrogens is 421 g/mol. The molecule has 4 nitrogen and oxygen atoms in total. The number of carbonyl (C=O) groups is 2. The first-order chi connectivity index (χ1) is 14.4. The Morgan fingerprint density at radius 2 is 1.37 bits per heavy atom. The van der Waals surface area contributed by atoms with Crippen LogP contribution in [0.4, 0.5) is 5.69 Å². The van der Waals surface area contributed by atoms with Crippen LogP contribution in [0.25, 0.3) is 5.76 Å². The van der Waals surface area contributed by atoms with Crippen LogP contribution < -0.4 is 4.90 Å². The normalized spacial score (nSPS) is 18.1. The van der Waals surface area contributed by atoms with Crippen LogP contribution in [0.2, 0.25) is 10.0 Å². The summed E-state index contributed by atoms with van der Waals surface area (Å²) in [4.78, 5) is 27.5. The molecule has 4 rings (SSSR count). The maximum Gasteiger partial charge on any atom is 0.300 e. The summed E-state index contributed by atoms with van der Waals surface area (Å²) in [5.74, 6) is -1.70. The third-order valence-corrected chi connectivity index (χ3v) is 5.56. The first kappa shape index (κ1) is 20.2. The van der Waals surface area contributed by atoms with Gasteiger partial charge in [0.15, 0.2) is 0 Å². The summed E-state index contributed by atoms with van der Waals surface area (Å²) in [6.07, 6.45) is 0. The van der Waals surface area contributed by atoms with Crippen molar-refractivity contribution >= 4 is 46.3 Å². The highest BCUT2D eigenvalue weighted by Crippen LogP contribution is 2.42. The summed E-state index contributed by atoms with van der Waals surface area (Å²) < 4.78 is 0. The predicted molar refractivity (Wildman–Crippen MR) is 119 cm³/mol. The third-order valence-electron chi connectivity index (χ3n) is 5.06. The number of aliphatic hydroxyl groups is 1. The molecule has 1 amide bonds. The van der Waals surface area contributed by atoms with Crippen molar-refractivity contribution in [2.75, 3.05) is 4.90 Å². The van der Waals surface area contributed by atoms with Gasteiger partial charge in [-0.25, -0.2) is 0 Å². The number of Topliss-reactive ketones (excluding diaryl/α,β-unsaturated/α-hetero) is 1. The summed E-state index contributed by atoms with van der Waals surface area (Å²) in [5, 5.41) is 12.0. The van der Waals surface area contributed by atoms with E-state index in [0.29, 0.717) is 26.9 Å². The Hall–Kier alpha value is -3.08. The summed E-state index contributed by atoms with van der Waals surface area (Å²) >= 11 is 12.0. The van der Waals surface area contributed by atoms with E-state index in [1.807, 2.05) is 19.1 Å². The Labute approximate surface area is 184 Å².